The van der Waals surface area contributed by atoms with Crippen LogP contribution in [0.15, 0.2) is 65.7 Å². The third kappa shape index (κ3) is 3.37. The molecule has 0 aliphatic heterocycles. The van der Waals surface area contributed by atoms with Crippen molar-refractivity contribution < 1.29 is 4.92 Å². The number of halogens is 1. The van der Waals surface area contributed by atoms with Crippen molar-refractivity contribution in [3.05, 3.63) is 81.3 Å². The summed E-state index contributed by atoms with van der Waals surface area (Å²) in [6.07, 6.45) is 3.16. The van der Waals surface area contributed by atoms with Crippen molar-refractivity contribution >= 4 is 27.3 Å². The Balaban J connectivity index is 1.99. The number of nitro benzene ring substituents is 1. The van der Waals surface area contributed by atoms with Gasteiger partial charge in [0.15, 0.2) is 0 Å². The van der Waals surface area contributed by atoms with Gasteiger partial charge in [0.1, 0.15) is 12.7 Å². The summed E-state index contributed by atoms with van der Waals surface area (Å²) >= 11 is 3.26. The first-order chi connectivity index (χ1) is 11.1. The van der Waals surface area contributed by atoms with Gasteiger partial charge < -0.3 is 0 Å². The van der Waals surface area contributed by atoms with E-state index < -0.39 is 4.92 Å². The highest BCUT2D eigenvalue weighted by atomic mass is 79.9. The Morgan fingerprint density at radius 3 is 2.43 bits per heavy atom. The SMILES string of the molecule is O=[N+]([O-])c1ccc(N(Cc2ccccc2)n2cnnc2)cc1Br. The molecular formula is C15H12BrN5O2. The van der Waals surface area contributed by atoms with Crippen LogP contribution in [0.5, 0.6) is 0 Å². The molecule has 116 valence electrons. The number of hydrogen-bond acceptors (Lipinski definition) is 5. The highest BCUT2D eigenvalue weighted by Gasteiger charge is 2.16. The molecule has 0 atom stereocenters. The second-order valence-electron chi connectivity index (χ2n) is 4.78. The highest BCUT2D eigenvalue weighted by Crippen LogP contribution is 2.30. The Hall–Kier alpha value is -2.74. The summed E-state index contributed by atoms with van der Waals surface area (Å²) in [6.45, 7) is 0.573. The van der Waals surface area contributed by atoms with Gasteiger partial charge in [0, 0.05) is 6.07 Å². The quantitative estimate of drug-likeness (QED) is 0.505. The molecule has 3 aromatic rings. The van der Waals surface area contributed by atoms with Crippen LogP contribution in [0, 0.1) is 10.1 Å². The van der Waals surface area contributed by atoms with Crippen molar-refractivity contribution in [3.63, 3.8) is 0 Å². The van der Waals surface area contributed by atoms with Crippen LogP contribution in [-0.4, -0.2) is 19.8 Å². The van der Waals surface area contributed by atoms with Crippen LogP contribution in [0.2, 0.25) is 0 Å². The molecule has 2 aromatic carbocycles. The van der Waals surface area contributed by atoms with Crippen molar-refractivity contribution in [1.29, 1.82) is 0 Å². The minimum atomic E-state index is -0.422. The Kier molecular flexibility index (Phi) is 4.33. The Labute approximate surface area is 140 Å². The summed E-state index contributed by atoms with van der Waals surface area (Å²) in [7, 11) is 0. The van der Waals surface area contributed by atoms with Crippen molar-refractivity contribution in [2.24, 2.45) is 0 Å². The van der Waals surface area contributed by atoms with Crippen LogP contribution in [0.25, 0.3) is 0 Å². The van der Waals surface area contributed by atoms with Gasteiger partial charge in [-0.05, 0) is 33.6 Å². The van der Waals surface area contributed by atoms with E-state index in [1.54, 1.807) is 29.5 Å². The molecule has 0 saturated carbocycles. The number of benzene rings is 2. The van der Waals surface area contributed by atoms with Crippen LogP contribution < -0.4 is 5.01 Å². The van der Waals surface area contributed by atoms with Gasteiger partial charge in [0.05, 0.1) is 21.6 Å². The van der Waals surface area contributed by atoms with Gasteiger partial charge in [-0.3, -0.25) is 15.1 Å². The Morgan fingerprint density at radius 1 is 1.13 bits per heavy atom. The van der Waals surface area contributed by atoms with Gasteiger partial charge in [-0.25, -0.2) is 4.68 Å². The number of anilines is 1. The third-order valence-electron chi connectivity index (χ3n) is 3.29. The summed E-state index contributed by atoms with van der Waals surface area (Å²) in [5, 5.41) is 20.5. The van der Waals surface area contributed by atoms with Gasteiger partial charge in [-0.1, -0.05) is 30.3 Å². The molecule has 0 radical (unpaired) electrons. The number of nitrogens with zero attached hydrogens (tertiary/aromatic N) is 5. The van der Waals surface area contributed by atoms with E-state index in [-0.39, 0.29) is 5.69 Å². The molecule has 1 heterocycles. The zero-order valence-corrected chi connectivity index (χ0v) is 13.5. The second-order valence-corrected chi connectivity index (χ2v) is 5.63. The lowest BCUT2D eigenvalue weighted by molar-refractivity contribution is -0.385. The number of hydrogen-bond donors (Lipinski definition) is 0. The first-order valence-corrected chi connectivity index (χ1v) is 7.55. The van der Waals surface area contributed by atoms with Crippen molar-refractivity contribution in [2.75, 3.05) is 5.01 Å². The summed E-state index contributed by atoms with van der Waals surface area (Å²) in [6, 6.07) is 14.8. The topological polar surface area (TPSA) is 77.1 Å². The molecule has 0 saturated heterocycles. The van der Waals surface area contributed by atoms with Gasteiger partial charge >= 0.3 is 0 Å². The summed E-state index contributed by atoms with van der Waals surface area (Å²) in [4.78, 5) is 10.5. The molecule has 7 nitrogen and oxygen atoms in total. The zero-order chi connectivity index (χ0) is 16.2. The first kappa shape index (κ1) is 15.2. The molecule has 0 N–H and O–H groups in total. The number of nitro groups is 1. The molecule has 0 spiro atoms. The van der Waals surface area contributed by atoms with Crippen LogP contribution in [0.4, 0.5) is 11.4 Å². The molecule has 1 aromatic heterocycles. The number of rotatable bonds is 5. The van der Waals surface area contributed by atoms with Gasteiger partial charge in [0.2, 0.25) is 0 Å². The minimum Gasteiger partial charge on any atom is -0.274 e. The molecule has 23 heavy (non-hydrogen) atoms. The van der Waals surface area contributed by atoms with Gasteiger partial charge in [-0.2, -0.15) is 0 Å². The lowest BCUT2D eigenvalue weighted by atomic mass is 10.2. The maximum atomic E-state index is 11.0. The Bertz CT molecular complexity index is 808. The third-order valence-corrected chi connectivity index (χ3v) is 3.92. The maximum absolute atomic E-state index is 11.0. The highest BCUT2D eigenvalue weighted by molar-refractivity contribution is 9.10. The van der Waals surface area contributed by atoms with Crippen LogP contribution >= 0.6 is 15.9 Å². The Morgan fingerprint density at radius 2 is 1.83 bits per heavy atom. The molecule has 3 rings (SSSR count). The lowest BCUT2D eigenvalue weighted by Gasteiger charge is -2.25. The predicted molar refractivity (Wildman–Crippen MR) is 88.8 cm³/mol. The maximum Gasteiger partial charge on any atom is 0.283 e. The lowest BCUT2D eigenvalue weighted by Crippen LogP contribution is -2.27. The van der Waals surface area contributed by atoms with E-state index in [4.69, 9.17) is 0 Å². The fourth-order valence-corrected chi connectivity index (χ4v) is 2.70. The normalized spacial score (nSPS) is 10.5. The van der Waals surface area contributed by atoms with E-state index in [9.17, 15) is 10.1 Å². The van der Waals surface area contributed by atoms with Gasteiger partial charge in [-0.15, -0.1) is 10.2 Å². The van der Waals surface area contributed by atoms with Crippen molar-refractivity contribution in [2.45, 2.75) is 6.54 Å². The fourth-order valence-electron chi connectivity index (χ4n) is 2.19. The van der Waals surface area contributed by atoms with Crippen molar-refractivity contribution in [3.8, 4) is 0 Å². The molecule has 0 fully saturated rings. The smallest absolute Gasteiger partial charge is 0.274 e. The first-order valence-electron chi connectivity index (χ1n) is 6.75. The largest absolute Gasteiger partial charge is 0.283 e. The molecule has 0 aliphatic carbocycles. The second kappa shape index (κ2) is 6.57. The average molecular weight is 374 g/mol. The molecular weight excluding hydrogens is 362 g/mol. The molecule has 0 bridgehead atoms. The van der Waals surface area contributed by atoms with Crippen LogP contribution in [-0.2, 0) is 6.54 Å². The molecule has 0 aliphatic rings. The average Bonchev–Trinajstić information content (AvgIpc) is 3.07. The van der Waals surface area contributed by atoms with E-state index in [2.05, 4.69) is 26.1 Å². The van der Waals surface area contributed by atoms with Crippen molar-refractivity contribution in [1.82, 2.24) is 14.9 Å². The number of aromatic nitrogens is 3. The predicted octanol–water partition coefficient (Wildman–Crippen LogP) is 3.42. The van der Waals surface area contributed by atoms with Gasteiger partial charge in [0.25, 0.3) is 5.69 Å². The standard InChI is InChI=1S/C15H12BrN5O2/c16-14-8-13(6-7-15(14)21(22)23)20(19-10-17-18-11-19)9-12-4-2-1-3-5-12/h1-8,10-11H,9H2. The molecule has 0 amide bonds. The monoisotopic (exact) mass is 373 g/mol. The summed E-state index contributed by atoms with van der Waals surface area (Å²) in [5.41, 5.74) is 1.90. The summed E-state index contributed by atoms with van der Waals surface area (Å²) < 4.78 is 2.16. The minimum absolute atomic E-state index is 0.0252. The molecule has 0 unspecified atom stereocenters. The summed E-state index contributed by atoms with van der Waals surface area (Å²) in [5.74, 6) is 0. The van der Waals surface area contributed by atoms with Crippen LogP contribution in [0.3, 0.4) is 0 Å². The van der Waals surface area contributed by atoms with E-state index in [0.717, 1.165) is 11.3 Å². The van der Waals surface area contributed by atoms with E-state index in [1.165, 1.54) is 6.07 Å². The zero-order valence-electron chi connectivity index (χ0n) is 11.9. The van der Waals surface area contributed by atoms with Crippen LogP contribution in [0.1, 0.15) is 5.56 Å². The van der Waals surface area contributed by atoms with E-state index >= 15 is 0 Å². The fraction of sp³-hybridized carbons (Fsp3) is 0.0667. The molecule has 8 heteroatoms. The van der Waals surface area contributed by atoms with E-state index in [0.29, 0.717) is 11.0 Å². The van der Waals surface area contributed by atoms with E-state index in [1.807, 2.05) is 35.3 Å².